The molecule has 0 saturated heterocycles. The predicted octanol–water partition coefficient (Wildman–Crippen LogP) is 6.59. The van der Waals surface area contributed by atoms with Crippen LogP contribution < -0.4 is 14.8 Å². The summed E-state index contributed by atoms with van der Waals surface area (Å²) < 4.78 is 25.9. The van der Waals surface area contributed by atoms with Gasteiger partial charge in [0.15, 0.2) is 6.10 Å². The van der Waals surface area contributed by atoms with Crippen LogP contribution in [0.3, 0.4) is 0 Å². The quantitative estimate of drug-likeness (QED) is 0.525. The second-order valence-electron chi connectivity index (χ2n) is 8.53. The molecule has 1 N–H and O–H groups in total. The molecular formula is C26H24FNO2. The summed E-state index contributed by atoms with van der Waals surface area (Å²) in [6.07, 6.45) is 1.94. The molecule has 2 aliphatic rings. The summed E-state index contributed by atoms with van der Waals surface area (Å²) in [5.41, 5.74) is 7.13. The third-order valence-corrected chi connectivity index (χ3v) is 5.83. The highest BCUT2D eigenvalue weighted by molar-refractivity contribution is 5.90. The van der Waals surface area contributed by atoms with Gasteiger partial charge in [-0.2, -0.15) is 0 Å². The van der Waals surface area contributed by atoms with Gasteiger partial charge in [0.1, 0.15) is 17.3 Å². The summed E-state index contributed by atoms with van der Waals surface area (Å²) >= 11 is 0. The molecule has 0 aromatic heterocycles. The van der Waals surface area contributed by atoms with Crippen molar-refractivity contribution >= 4 is 11.3 Å². The molecule has 4 heteroatoms. The molecule has 3 nitrogen and oxygen atoms in total. The Morgan fingerprint density at radius 3 is 2.50 bits per heavy atom. The maximum atomic E-state index is 14.1. The molecule has 0 unspecified atom stereocenters. The van der Waals surface area contributed by atoms with Gasteiger partial charge >= 0.3 is 0 Å². The van der Waals surface area contributed by atoms with Gasteiger partial charge in [-0.05, 0) is 73.9 Å². The van der Waals surface area contributed by atoms with Crippen LogP contribution in [0.5, 0.6) is 11.5 Å². The average molecular weight is 401 g/mol. The van der Waals surface area contributed by atoms with Gasteiger partial charge in [-0.3, -0.25) is 0 Å². The molecule has 0 saturated carbocycles. The van der Waals surface area contributed by atoms with Crippen molar-refractivity contribution in [1.82, 2.24) is 0 Å². The molecular weight excluding hydrogens is 377 g/mol. The molecule has 0 spiro atoms. The molecule has 0 aliphatic carbocycles. The van der Waals surface area contributed by atoms with Crippen molar-refractivity contribution in [2.75, 3.05) is 12.4 Å². The molecule has 152 valence electrons. The van der Waals surface area contributed by atoms with Crippen LogP contribution in [-0.2, 0) is 0 Å². The van der Waals surface area contributed by atoms with Crippen molar-refractivity contribution in [3.63, 3.8) is 0 Å². The molecule has 2 aliphatic heterocycles. The van der Waals surface area contributed by atoms with E-state index in [4.69, 9.17) is 9.47 Å². The fourth-order valence-electron chi connectivity index (χ4n) is 4.67. The number of halogens is 1. The maximum absolute atomic E-state index is 14.1. The maximum Gasteiger partial charge on any atom is 0.150 e. The largest absolute Gasteiger partial charge is 0.497 e. The summed E-state index contributed by atoms with van der Waals surface area (Å²) in [5.74, 6) is 1.22. The van der Waals surface area contributed by atoms with Gasteiger partial charge in [0.25, 0.3) is 0 Å². The summed E-state index contributed by atoms with van der Waals surface area (Å²) in [6, 6.07) is 16.8. The van der Waals surface area contributed by atoms with Gasteiger partial charge in [0.2, 0.25) is 0 Å². The van der Waals surface area contributed by atoms with Crippen LogP contribution in [0.2, 0.25) is 0 Å². The first kappa shape index (κ1) is 18.7. The first-order valence-corrected chi connectivity index (χ1v) is 10.1. The van der Waals surface area contributed by atoms with E-state index in [-0.39, 0.29) is 17.5 Å². The lowest BCUT2D eigenvalue weighted by Crippen LogP contribution is -2.32. The van der Waals surface area contributed by atoms with Crippen LogP contribution in [0.4, 0.5) is 10.1 Å². The van der Waals surface area contributed by atoms with Crippen molar-refractivity contribution in [3.05, 3.63) is 83.2 Å². The Hall–Kier alpha value is -3.27. The van der Waals surface area contributed by atoms with E-state index in [1.54, 1.807) is 19.2 Å². The molecule has 3 aromatic carbocycles. The normalized spacial score (nSPS) is 18.2. The number of hydrogen-bond donors (Lipinski definition) is 1. The number of methoxy groups -OCH3 is 1. The lowest BCUT2D eigenvalue weighted by molar-refractivity contribution is 0.243. The number of ether oxygens (including phenoxy) is 2. The second kappa shape index (κ2) is 6.63. The number of nitrogens with one attached hydrogen (secondary N) is 1. The first-order chi connectivity index (χ1) is 14.4. The fraction of sp³-hybridized carbons (Fsp3) is 0.231. The van der Waals surface area contributed by atoms with Crippen molar-refractivity contribution in [2.45, 2.75) is 32.4 Å². The highest BCUT2D eigenvalue weighted by Crippen LogP contribution is 2.50. The van der Waals surface area contributed by atoms with E-state index in [0.29, 0.717) is 5.75 Å². The van der Waals surface area contributed by atoms with Gasteiger partial charge < -0.3 is 14.8 Å². The lowest BCUT2D eigenvalue weighted by Gasteiger charge is -2.37. The van der Waals surface area contributed by atoms with E-state index in [9.17, 15) is 4.39 Å². The Morgan fingerprint density at radius 2 is 1.77 bits per heavy atom. The highest BCUT2D eigenvalue weighted by Gasteiger charge is 2.34. The van der Waals surface area contributed by atoms with Gasteiger partial charge in [-0.25, -0.2) is 4.39 Å². The van der Waals surface area contributed by atoms with E-state index in [1.807, 2.05) is 24.3 Å². The molecule has 0 fully saturated rings. The average Bonchev–Trinajstić information content (AvgIpc) is 2.72. The third kappa shape index (κ3) is 2.95. The Bertz CT molecular complexity index is 1180. The predicted molar refractivity (Wildman–Crippen MR) is 119 cm³/mol. The topological polar surface area (TPSA) is 30.5 Å². The van der Waals surface area contributed by atoms with Crippen molar-refractivity contribution in [1.29, 1.82) is 0 Å². The van der Waals surface area contributed by atoms with Crippen LogP contribution in [-0.4, -0.2) is 12.6 Å². The van der Waals surface area contributed by atoms with Crippen molar-refractivity contribution < 1.29 is 13.9 Å². The van der Waals surface area contributed by atoms with Gasteiger partial charge in [0, 0.05) is 22.4 Å². The highest BCUT2D eigenvalue weighted by atomic mass is 19.1. The molecule has 1 atom stereocenters. The summed E-state index contributed by atoms with van der Waals surface area (Å²) in [4.78, 5) is 0. The van der Waals surface area contributed by atoms with Gasteiger partial charge in [0.05, 0.1) is 12.6 Å². The van der Waals surface area contributed by atoms with Crippen molar-refractivity contribution in [2.24, 2.45) is 0 Å². The summed E-state index contributed by atoms with van der Waals surface area (Å²) in [7, 11) is 1.66. The Labute approximate surface area is 176 Å². The zero-order valence-electron chi connectivity index (χ0n) is 17.5. The smallest absolute Gasteiger partial charge is 0.150 e. The number of rotatable bonds is 2. The summed E-state index contributed by atoms with van der Waals surface area (Å²) in [6.45, 7) is 6.44. The van der Waals surface area contributed by atoms with Gasteiger partial charge in [-0.1, -0.05) is 24.3 Å². The van der Waals surface area contributed by atoms with Crippen LogP contribution in [0, 0.1) is 5.82 Å². The van der Waals surface area contributed by atoms with E-state index < -0.39 is 0 Å². The Morgan fingerprint density at radius 1 is 1.00 bits per heavy atom. The van der Waals surface area contributed by atoms with Gasteiger partial charge in [-0.15, -0.1) is 0 Å². The number of allylic oxidation sites excluding steroid dienone is 1. The molecule has 0 amide bonds. The molecule has 5 rings (SSSR count). The van der Waals surface area contributed by atoms with E-state index >= 15 is 0 Å². The van der Waals surface area contributed by atoms with Crippen LogP contribution in [0.15, 0.2) is 60.7 Å². The molecule has 30 heavy (non-hydrogen) atoms. The standard InChI is InChI=1S/C26H24FNO2/c1-15-14-26(2,3)28-21-11-10-19-20-13-17(27)7-12-22(20)30-25(24(19)23(15)21)16-5-8-18(29-4)9-6-16/h5-14,25,28H,1-4H3/t25-/m1/s1. The van der Waals surface area contributed by atoms with E-state index in [2.05, 4.69) is 44.3 Å². The molecule has 0 bridgehead atoms. The SMILES string of the molecule is COc1ccc([C@H]2Oc3ccc(F)cc3-c3ccc4c(c32)C(C)=CC(C)(C)N4)cc1. The minimum Gasteiger partial charge on any atom is -0.497 e. The second-order valence-corrected chi connectivity index (χ2v) is 8.53. The summed E-state index contributed by atoms with van der Waals surface area (Å²) in [5, 5.41) is 3.62. The van der Waals surface area contributed by atoms with Crippen LogP contribution in [0.1, 0.15) is 43.6 Å². The van der Waals surface area contributed by atoms with E-state index in [0.717, 1.165) is 39.3 Å². The zero-order valence-corrected chi connectivity index (χ0v) is 17.5. The van der Waals surface area contributed by atoms with Crippen LogP contribution >= 0.6 is 0 Å². The lowest BCUT2D eigenvalue weighted by atomic mass is 9.80. The number of anilines is 1. The minimum absolute atomic E-state index is 0.138. The first-order valence-electron chi connectivity index (χ1n) is 10.1. The number of hydrogen-bond acceptors (Lipinski definition) is 3. The fourth-order valence-corrected chi connectivity index (χ4v) is 4.67. The third-order valence-electron chi connectivity index (χ3n) is 5.83. The molecule has 2 heterocycles. The minimum atomic E-state index is -0.301. The van der Waals surface area contributed by atoms with E-state index in [1.165, 1.54) is 11.6 Å². The Balaban J connectivity index is 1.78. The Kier molecular flexibility index (Phi) is 4.14. The van der Waals surface area contributed by atoms with Crippen LogP contribution in [0.25, 0.3) is 16.7 Å². The molecule has 3 aromatic rings. The molecule has 0 radical (unpaired) electrons. The number of benzene rings is 3. The van der Waals surface area contributed by atoms with Crippen molar-refractivity contribution in [3.8, 4) is 22.6 Å². The number of fused-ring (bicyclic) bond motifs is 5. The monoisotopic (exact) mass is 401 g/mol. The zero-order chi connectivity index (χ0) is 21.0.